The second-order valence-electron chi connectivity index (χ2n) is 3.81. The zero-order valence-corrected chi connectivity index (χ0v) is 10.8. The summed E-state index contributed by atoms with van der Waals surface area (Å²) in [6.07, 6.45) is 3.79. The zero-order chi connectivity index (χ0) is 12.6. The van der Waals surface area contributed by atoms with Gasteiger partial charge in [-0.3, -0.25) is 0 Å². The van der Waals surface area contributed by atoms with Crippen molar-refractivity contribution in [2.45, 2.75) is 13.0 Å². The summed E-state index contributed by atoms with van der Waals surface area (Å²) in [5.74, 6) is 0.350. The van der Waals surface area contributed by atoms with Crippen LogP contribution in [0, 0.1) is 0 Å². The minimum atomic E-state index is -2.96. The molecular weight excluding hydrogens is 242 g/mol. The first-order valence-corrected chi connectivity index (χ1v) is 7.37. The molecule has 1 rings (SSSR count). The Hall–Kier alpha value is -0.850. The van der Waals surface area contributed by atoms with Crippen molar-refractivity contribution >= 4 is 9.84 Å². The number of rotatable bonds is 9. The van der Waals surface area contributed by atoms with Gasteiger partial charge < -0.3 is 14.5 Å². The molecule has 1 heterocycles. The second kappa shape index (κ2) is 7.47. The largest absolute Gasteiger partial charge is 0.472 e. The molecule has 0 aliphatic rings. The van der Waals surface area contributed by atoms with E-state index in [1.165, 1.54) is 0 Å². The molecule has 98 valence electrons. The zero-order valence-electron chi connectivity index (χ0n) is 10.0. The first-order valence-electron chi connectivity index (χ1n) is 5.55. The van der Waals surface area contributed by atoms with Crippen molar-refractivity contribution < 1.29 is 17.6 Å². The Morgan fingerprint density at radius 3 is 2.88 bits per heavy atom. The van der Waals surface area contributed by atoms with E-state index < -0.39 is 9.84 Å². The van der Waals surface area contributed by atoms with Gasteiger partial charge in [0.05, 0.1) is 24.0 Å². The number of hydrogen-bond acceptors (Lipinski definition) is 5. The molecule has 0 saturated heterocycles. The molecule has 0 amide bonds. The van der Waals surface area contributed by atoms with E-state index in [0.717, 1.165) is 5.56 Å². The molecule has 1 aromatic rings. The van der Waals surface area contributed by atoms with Crippen LogP contribution in [0.1, 0.15) is 12.0 Å². The fourth-order valence-corrected chi connectivity index (χ4v) is 2.60. The van der Waals surface area contributed by atoms with Crippen molar-refractivity contribution in [1.29, 1.82) is 0 Å². The van der Waals surface area contributed by atoms with Crippen LogP contribution in [0.25, 0.3) is 0 Å². The van der Waals surface area contributed by atoms with Gasteiger partial charge in [0, 0.05) is 32.4 Å². The van der Waals surface area contributed by atoms with E-state index in [1.54, 1.807) is 19.6 Å². The number of sulfone groups is 1. The van der Waals surface area contributed by atoms with E-state index in [-0.39, 0.29) is 11.5 Å². The van der Waals surface area contributed by atoms with E-state index in [2.05, 4.69) is 5.32 Å². The lowest BCUT2D eigenvalue weighted by Crippen LogP contribution is -2.24. The summed E-state index contributed by atoms with van der Waals surface area (Å²) in [7, 11) is -1.39. The number of hydrogen-bond donors (Lipinski definition) is 1. The average Bonchev–Trinajstić information content (AvgIpc) is 2.77. The van der Waals surface area contributed by atoms with E-state index in [9.17, 15) is 8.42 Å². The van der Waals surface area contributed by atoms with E-state index in [1.807, 2.05) is 6.07 Å². The van der Waals surface area contributed by atoms with Crippen LogP contribution in [0.2, 0.25) is 0 Å². The van der Waals surface area contributed by atoms with Gasteiger partial charge in [0.15, 0.2) is 9.84 Å². The Bertz CT molecular complexity index is 386. The van der Waals surface area contributed by atoms with Crippen LogP contribution >= 0.6 is 0 Å². The SMILES string of the molecule is COCCCS(=O)(=O)CCNCc1ccoc1. The third-order valence-corrected chi connectivity index (χ3v) is 4.04. The summed E-state index contributed by atoms with van der Waals surface area (Å²) in [4.78, 5) is 0. The van der Waals surface area contributed by atoms with Gasteiger partial charge >= 0.3 is 0 Å². The molecule has 0 unspecified atom stereocenters. The highest BCUT2D eigenvalue weighted by atomic mass is 32.2. The van der Waals surface area contributed by atoms with Crippen LogP contribution in [0.3, 0.4) is 0 Å². The van der Waals surface area contributed by atoms with Crippen LogP contribution < -0.4 is 5.32 Å². The molecular formula is C11H19NO4S. The Kier molecular flexibility index (Phi) is 6.25. The molecule has 0 aliphatic heterocycles. The molecule has 0 fully saturated rings. The predicted octanol–water partition coefficient (Wildman–Crippen LogP) is 0.820. The quantitative estimate of drug-likeness (QED) is 0.667. The highest BCUT2D eigenvalue weighted by Crippen LogP contribution is 1.99. The van der Waals surface area contributed by atoms with Crippen molar-refractivity contribution in [3.8, 4) is 0 Å². The van der Waals surface area contributed by atoms with Crippen molar-refractivity contribution in [1.82, 2.24) is 5.32 Å². The molecule has 1 N–H and O–H groups in total. The van der Waals surface area contributed by atoms with Gasteiger partial charge in [0.1, 0.15) is 0 Å². The molecule has 0 aromatic carbocycles. The molecule has 0 saturated carbocycles. The summed E-state index contributed by atoms with van der Waals surface area (Å²) in [6.45, 7) is 1.58. The normalized spacial score (nSPS) is 11.8. The highest BCUT2D eigenvalue weighted by Gasteiger charge is 2.09. The second-order valence-corrected chi connectivity index (χ2v) is 6.11. The molecule has 0 spiro atoms. The minimum absolute atomic E-state index is 0.161. The van der Waals surface area contributed by atoms with Crippen molar-refractivity contribution in [2.75, 3.05) is 31.8 Å². The molecule has 0 aliphatic carbocycles. The Labute approximate surface area is 102 Å². The smallest absolute Gasteiger partial charge is 0.151 e. The van der Waals surface area contributed by atoms with Gasteiger partial charge in [-0.25, -0.2) is 8.42 Å². The fraction of sp³-hybridized carbons (Fsp3) is 0.636. The Balaban J connectivity index is 2.12. The molecule has 1 aromatic heterocycles. The Morgan fingerprint density at radius 1 is 1.41 bits per heavy atom. The highest BCUT2D eigenvalue weighted by molar-refractivity contribution is 7.91. The fourth-order valence-electron chi connectivity index (χ4n) is 1.38. The van der Waals surface area contributed by atoms with Crippen molar-refractivity contribution in [3.05, 3.63) is 24.2 Å². The van der Waals surface area contributed by atoms with Gasteiger partial charge in [-0.1, -0.05) is 0 Å². The lowest BCUT2D eigenvalue weighted by atomic mass is 10.3. The van der Waals surface area contributed by atoms with E-state index in [0.29, 0.717) is 26.1 Å². The van der Waals surface area contributed by atoms with Crippen LogP contribution in [0.5, 0.6) is 0 Å². The first kappa shape index (κ1) is 14.2. The maximum atomic E-state index is 11.6. The van der Waals surface area contributed by atoms with E-state index in [4.69, 9.17) is 9.15 Å². The monoisotopic (exact) mass is 261 g/mol. The maximum absolute atomic E-state index is 11.6. The Morgan fingerprint density at radius 2 is 2.24 bits per heavy atom. The van der Waals surface area contributed by atoms with Crippen LogP contribution in [0.4, 0.5) is 0 Å². The number of methoxy groups -OCH3 is 1. The topological polar surface area (TPSA) is 68.5 Å². The summed E-state index contributed by atoms with van der Waals surface area (Å²) < 4.78 is 32.8. The van der Waals surface area contributed by atoms with Gasteiger partial charge in [-0.2, -0.15) is 0 Å². The lowest BCUT2D eigenvalue weighted by Gasteiger charge is -2.05. The van der Waals surface area contributed by atoms with Gasteiger partial charge in [-0.15, -0.1) is 0 Å². The summed E-state index contributed by atoms with van der Waals surface area (Å²) in [5, 5.41) is 3.06. The number of nitrogens with one attached hydrogen (secondary N) is 1. The van der Waals surface area contributed by atoms with Crippen LogP contribution in [-0.4, -0.2) is 40.2 Å². The molecule has 0 radical (unpaired) electrons. The van der Waals surface area contributed by atoms with Gasteiger partial charge in [-0.05, 0) is 12.5 Å². The van der Waals surface area contributed by atoms with Crippen LogP contribution in [0.15, 0.2) is 23.0 Å². The molecule has 17 heavy (non-hydrogen) atoms. The maximum Gasteiger partial charge on any atom is 0.151 e. The molecule has 0 bridgehead atoms. The van der Waals surface area contributed by atoms with Gasteiger partial charge in [0.25, 0.3) is 0 Å². The van der Waals surface area contributed by atoms with Gasteiger partial charge in [0.2, 0.25) is 0 Å². The summed E-state index contributed by atoms with van der Waals surface area (Å²) in [5.41, 5.74) is 1.02. The van der Waals surface area contributed by atoms with Crippen LogP contribution in [-0.2, 0) is 21.1 Å². The first-order chi connectivity index (χ1) is 8.14. The van der Waals surface area contributed by atoms with Crippen molar-refractivity contribution in [3.63, 3.8) is 0 Å². The lowest BCUT2D eigenvalue weighted by molar-refractivity contribution is 0.199. The average molecular weight is 261 g/mol. The molecule has 6 heteroatoms. The third-order valence-electron chi connectivity index (χ3n) is 2.30. The standard InChI is InChI=1S/C11H19NO4S/c1-15-5-2-7-17(13,14)8-4-12-9-11-3-6-16-10-11/h3,6,10,12H,2,4-5,7-9H2,1H3. The summed E-state index contributed by atoms with van der Waals surface area (Å²) in [6, 6.07) is 1.85. The number of furan rings is 1. The molecule has 5 nitrogen and oxygen atoms in total. The molecule has 0 atom stereocenters. The predicted molar refractivity (Wildman–Crippen MR) is 65.6 cm³/mol. The minimum Gasteiger partial charge on any atom is -0.472 e. The third kappa shape index (κ3) is 6.45. The number of ether oxygens (including phenoxy) is 1. The van der Waals surface area contributed by atoms with Crippen molar-refractivity contribution in [2.24, 2.45) is 0 Å². The van der Waals surface area contributed by atoms with E-state index >= 15 is 0 Å². The summed E-state index contributed by atoms with van der Waals surface area (Å²) >= 11 is 0.